The second-order valence-electron chi connectivity index (χ2n) is 3.06. The van der Waals surface area contributed by atoms with Crippen LogP contribution in [0.3, 0.4) is 0 Å². The average Bonchev–Trinajstić information content (AvgIpc) is 2.28. The van der Waals surface area contributed by atoms with E-state index in [1.165, 1.54) is 18.3 Å². The van der Waals surface area contributed by atoms with Crippen LogP contribution in [0.25, 0.3) is 10.9 Å². The Morgan fingerprint density at radius 2 is 2.19 bits per heavy atom. The molecule has 0 saturated carbocycles. The van der Waals surface area contributed by atoms with Gasteiger partial charge in [-0.2, -0.15) is 5.26 Å². The first kappa shape index (κ1) is 9.86. The van der Waals surface area contributed by atoms with E-state index in [0.717, 1.165) is 6.07 Å². The van der Waals surface area contributed by atoms with Crippen molar-refractivity contribution in [1.29, 1.82) is 5.26 Å². The number of pyridine rings is 1. The molecule has 0 bridgehead atoms. The third kappa shape index (κ3) is 1.31. The molecule has 6 nitrogen and oxygen atoms in total. The molecule has 2 aromatic rings. The number of rotatable bonds is 1. The van der Waals surface area contributed by atoms with Crippen LogP contribution in [-0.4, -0.2) is 15.0 Å². The Morgan fingerprint density at radius 3 is 2.81 bits per heavy atom. The fraction of sp³-hybridized carbons (Fsp3) is 0. The third-order valence-electron chi connectivity index (χ3n) is 2.18. The monoisotopic (exact) mass is 215 g/mol. The SMILES string of the molecule is N#Cc1ccnc2c(O)c([N+](=O)[O-])ccc12. The van der Waals surface area contributed by atoms with Crippen LogP contribution in [0.15, 0.2) is 24.4 Å². The summed E-state index contributed by atoms with van der Waals surface area (Å²) >= 11 is 0. The lowest BCUT2D eigenvalue weighted by Crippen LogP contribution is -1.91. The molecule has 0 spiro atoms. The van der Waals surface area contributed by atoms with Gasteiger partial charge in [0.2, 0.25) is 5.75 Å². The molecule has 0 atom stereocenters. The van der Waals surface area contributed by atoms with Gasteiger partial charge in [-0.1, -0.05) is 0 Å². The molecule has 0 unspecified atom stereocenters. The van der Waals surface area contributed by atoms with Gasteiger partial charge in [0.05, 0.1) is 16.6 Å². The van der Waals surface area contributed by atoms with Gasteiger partial charge in [0, 0.05) is 17.6 Å². The zero-order chi connectivity index (χ0) is 11.7. The van der Waals surface area contributed by atoms with Crippen LogP contribution in [0, 0.1) is 21.4 Å². The summed E-state index contributed by atoms with van der Waals surface area (Å²) in [5, 5.41) is 29.4. The highest BCUT2D eigenvalue weighted by molar-refractivity contribution is 5.91. The van der Waals surface area contributed by atoms with Gasteiger partial charge in [-0.15, -0.1) is 0 Å². The first-order valence-electron chi connectivity index (χ1n) is 4.30. The van der Waals surface area contributed by atoms with Gasteiger partial charge in [-0.3, -0.25) is 15.1 Å². The van der Waals surface area contributed by atoms with E-state index in [9.17, 15) is 15.2 Å². The molecule has 16 heavy (non-hydrogen) atoms. The van der Waals surface area contributed by atoms with Gasteiger partial charge >= 0.3 is 5.69 Å². The molecular formula is C10H5N3O3. The minimum Gasteiger partial charge on any atom is -0.501 e. The molecule has 0 radical (unpaired) electrons. The first-order chi connectivity index (χ1) is 7.65. The highest BCUT2D eigenvalue weighted by Gasteiger charge is 2.17. The molecular weight excluding hydrogens is 210 g/mol. The predicted octanol–water partition coefficient (Wildman–Crippen LogP) is 1.72. The summed E-state index contributed by atoms with van der Waals surface area (Å²) in [7, 11) is 0. The molecule has 0 saturated heterocycles. The van der Waals surface area contributed by atoms with E-state index in [0.29, 0.717) is 10.9 Å². The lowest BCUT2D eigenvalue weighted by atomic mass is 10.1. The predicted molar refractivity (Wildman–Crippen MR) is 54.8 cm³/mol. The number of benzene rings is 1. The molecule has 0 amide bonds. The Balaban J connectivity index is 2.88. The molecule has 0 fully saturated rings. The van der Waals surface area contributed by atoms with Crippen LogP contribution in [-0.2, 0) is 0 Å². The van der Waals surface area contributed by atoms with Gasteiger partial charge in [0.15, 0.2) is 0 Å². The molecule has 6 heteroatoms. The normalized spacial score (nSPS) is 9.94. The largest absolute Gasteiger partial charge is 0.501 e. The lowest BCUT2D eigenvalue weighted by Gasteiger charge is -2.01. The molecule has 0 aliphatic carbocycles. The van der Waals surface area contributed by atoms with Crippen LogP contribution >= 0.6 is 0 Å². The number of phenolic OH excluding ortho intramolecular Hbond substituents is 1. The second kappa shape index (κ2) is 3.47. The van der Waals surface area contributed by atoms with Gasteiger partial charge < -0.3 is 5.11 Å². The number of aromatic hydroxyl groups is 1. The maximum Gasteiger partial charge on any atom is 0.313 e. The van der Waals surface area contributed by atoms with Crippen molar-refractivity contribution >= 4 is 16.6 Å². The van der Waals surface area contributed by atoms with Crippen LogP contribution in [0.1, 0.15) is 5.56 Å². The number of nitriles is 1. The van der Waals surface area contributed by atoms with Crippen molar-refractivity contribution in [2.45, 2.75) is 0 Å². The van der Waals surface area contributed by atoms with Crippen LogP contribution in [0.2, 0.25) is 0 Å². The smallest absolute Gasteiger partial charge is 0.313 e. The average molecular weight is 215 g/mol. The van der Waals surface area contributed by atoms with Crippen LogP contribution < -0.4 is 0 Å². The fourth-order valence-electron chi connectivity index (χ4n) is 1.44. The number of phenols is 1. The van der Waals surface area contributed by atoms with Gasteiger partial charge in [0.1, 0.15) is 5.52 Å². The Morgan fingerprint density at radius 1 is 1.44 bits per heavy atom. The van der Waals surface area contributed by atoms with Crippen molar-refractivity contribution in [2.75, 3.05) is 0 Å². The Labute approximate surface area is 89.5 Å². The zero-order valence-corrected chi connectivity index (χ0v) is 7.91. The van der Waals surface area contributed by atoms with E-state index in [1.807, 2.05) is 6.07 Å². The van der Waals surface area contributed by atoms with Crippen molar-refractivity contribution in [3.63, 3.8) is 0 Å². The number of nitro groups is 1. The molecule has 1 aromatic carbocycles. The van der Waals surface area contributed by atoms with E-state index in [2.05, 4.69) is 4.98 Å². The summed E-state index contributed by atoms with van der Waals surface area (Å²) in [5.74, 6) is -0.514. The van der Waals surface area contributed by atoms with Crippen molar-refractivity contribution in [3.8, 4) is 11.8 Å². The van der Waals surface area contributed by atoms with E-state index in [-0.39, 0.29) is 5.52 Å². The molecule has 78 valence electrons. The minimum atomic E-state index is -0.699. The highest BCUT2D eigenvalue weighted by Crippen LogP contribution is 2.33. The fourth-order valence-corrected chi connectivity index (χ4v) is 1.44. The third-order valence-corrected chi connectivity index (χ3v) is 2.18. The molecule has 0 aliphatic rings. The van der Waals surface area contributed by atoms with Crippen LogP contribution in [0.4, 0.5) is 5.69 Å². The number of fused-ring (bicyclic) bond motifs is 1. The van der Waals surface area contributed by atoms with Gasteiger partial charge in [-0.25, -0.2) is 0 Å². The quantitative estimate of drug-likeness (QED) is 0.576. The summed E-state index contributed by atoms with van der Waals surface area (Å²) in [6, 6.07) is 5.96. The standard InChI is InChI=1S/C10H5N3O3/c11-5-6-3-4-12-9-7(6)1-2-8(10(9)14)13(15)16/h1-4,14H. The van der Waals surface area contributed by atoms with Crippen molar-refractivity contribution < 1.29 is 10.0 Å². The number of aromatic nitrogens is 1. The van der Waals surface area contributed by atoms with E-state index >= 15 is 0 Å². The number of nitro benzene ring substituents is 1. The second-order valence-corrected chi connectivity index (χ2v) is 3.06. The molecule has 1 aromatic heterocycles. The Bertz CT molecular complexity index is 631. The molecule has 2 rings (SSSR count). The lowest BCUT2D eigenvalue weighted by molar-refractivity contribution is -0.385. The number of nitrogens with zero attached hydrogens (tertiary/aromatic N) is 3. The zero-order valence-electron chi connectivity index (χ0n) is 7.91. The van der Waals surface area contributed by atoms with Gasteiger partial charge in [0.25, 0.3) is 0 Å². The first-order valence-corrected chi connectivity index (χ1v) is 4.30. The number of hydrogen-bond acceptors (Lipinski definition) is 5. The van der Waals surface area contributed by atoms with Crippen molar-refractivity contribution in [3.05, 3.63) is 40.1 Å². The molecule has 0 aliphatic heterocycles. The summed E-state index contributed by atoms with van der Waals surface area (Å²) in [5.41, 5.74) is -0.0430. The maximum absolute atomic E-state index is 10.6. The van der Waals surface area contributed by atoms with E-state index < -0.39 is 16.4 Å². The summed E-state index contributed by atoms with van der Waals surface area (Å²) in [6.07, 6.45) is 1.32. The Kier molecular flexibility index (Phi) is 2.14. The highest BCUT2D eigenvalue weighted by atomic mass is 16.6. The van der Waals surface area contributed by atoms with Gasteiger partial charge in [-0.05, 0) is 12.1 Å². The topological polar surface area (TPSA) is 100 Å². The number of hydrogen-bond donors (Lipinski definition) is 1. The Hall–Kier alpha value is -2.68. The van der Waals surface area contributed by atoms with E-state index in [4.69, 9.17) is 5.26 Å². The minimum absolute atomic E-state index is 0.0632. The summed E-state index contributed by atoms with van der Waals surface area (Å²) < 4.78 is 0. The maximum atomic E-state index is 10.6. The van der Waals surface area contributed by atoms with E-state index in [1.54, 1.807) is 0 Å². The van der Waals surface area contributed by atoms with Crippen molar-refractivity contribution in [1.82, 2.24) is 4.98 Å². The summed E-state index contributed by atoms with van der Waals surface area (Å²) in [6.45, 7) is 0. The molecule has 1 heterocycles. The summed E-state index contributed by atoms with van der Waals surface area (Å²) in [4.78, 5) is 13.7. The molecule has 1 N–H and O–H groups in total. The van der Waals surface area contributed by atoms with Crippen LogP contribution in [0.5, 0.6) is 5.75 Å². The van der Waals surface area contributed by atoms with Crippen molar-refractivity contribution in [2.24, 2.45) is 0 Å².